The van der Waals surface area contributed by atoms with Gasteiger partial charge in [-0.15, -0.1) is 24.8 Å². The molecule has 10 heteroatoms. The number of carbonyl (C=O) groups excluding carboxylic acids is 2. The van der Waals surface area contributed by atoms with Crippen LogP contribution in [0.3, 0.4) is 0 Å². The summed E-state index contributed by atoms with van der Waals surface area (Å²) in [5.74, 6) is -1.67. The van der Waals surface area contributed by atoms with Crippen molar-refractivity contribution in [3.05, 3.63) is 35.4 Å². The van der Waals surface area contributed by atoms with E-state index in [2.05, 4.69) is 5.32 Å². The summed E-state index contributed by atoms with van der Waals surface area (Å²) in [6, 6.07) is 2.74. The molecule has 0 saturated carbocycles. The molecule has 1 aliphatic heterocycles. The van der Waals surface area contributed by atoms with Gasteiger partial charge in [0.2, 0.25) is 11.8 Å². The molecule has 29 heavy (non-hydrogen) atoms. The second-order valence-electron chi connectivity index (χ2n) is 7.25. The maximum Gasteiger partial charge on any atom is 0.242 e. The highest BCUT2D eigenvalue weighted by Crippen LogP contribution is 2.24. The monoisotopic (exact) mass is 454 g/mol. The molecule has 0 radical (unpaired) electrons. The van der Waals surface area contributed by atoms with E-state index in [1.807, 2.05) is 25.7 Å². The lowest BCUT2D eigenvalue weighted by molar-refractivity contribution is -0.135. The average molecular weight is 455 g/mol. The van der Waals surface area contributed by atoms with Gasteiger partial charge in [0.05, 0.1) is 12.6 Å². The zero-order valence-electron chi connectivity index (χ0n) is 16.9. The van der Waals surface area contributed by atoms with Crippen molar-refractivity contribution in [2.24, 2.45) is 11.7 Å². The van der Waals surface area contributed by atoms with Crippen LogP contribution in [0.4, 0.5) is 8.78 Å². The fourth-order valence-corrected chi connectivity index (χ4v) is 3.09. The molecule has 2 amide bonds. The van der Waals surface area contributed by atoms with Crippen LogP contribution in [0.2, 0.25) is 0 Å². The van der Waals surface area contributed by atoms with E-state index in [9.17, 15) is 18.4 Å². The van der Waals surface area contributed by atoms with E-state index in [1.165, 1.54) is 12.1 Å². The highest BCUT2D eigenvalue weighted by atomic mass is 35.5. The van der Waals surface area contributed by atoms with Crippen LogP contribution in [0.1, 0.15) is 32.4 Å². The van der Waals surface area contributed by atoms with Gasteiger partial charge in [-0.2, -0.15) is 0 Å². The smallest absolute Gasteiger partial charge is 0.242 e. The number of rotatable bonds is 6. The quantitative estimate of drug-likeness (QED) is 0.689. The predicted molar refractivity (Wildman–Crippen MR) is 113 cm³/mol. The van der Waals surface area contributed by atoms with Gasteiger partial charge >= 0.3 is 0 Å². The molecule has 6 nitrogen and oxygen atoms in total. The van der Waals surface area contributed by atoms with E-state index < -0.39 is 17.7 Å². The van der Waals surface area contributed by atoms with Crippen molar-refractivity contribution >= 4 is 36.6 Å². The van der Waals surface area contributed by atoms with Crippen molar-refractivity contribution in [2.45, 2.75) is 32.9 Å². The first kappa shape index (κ1) is 27.5. The van der Waals surface area contributed by atoms with Crippen molar-refractivity contribution < 1.29 is 18.4 Å². The van der Waals surface area contributed by atoms with Crippen molar-refractivity contribution in [3.8, 4) is 0 Å². The summed E-state index contributed by atoms with van der Waals surface area (Å²) in [7, 11) is 0. The average Bonchev–Trinajstić information content (AvgIpc) is 2.64. The molecule has 0 spiro atoms. The second kappa shape index (κ2) is 12.3. The van der Waals surface area contributed by atoms with Gasteiger partial charge in [-0.1, -0.05) is 19.9 Å². The van der Waals surface area contributed by atoms with Gasteiger partial charge in [0.25, 0.3) is 0 Å². The van der Waals surface area contributed by atoms with Gasteiger partial charge in [0.1, 0.15) is 11.6 Å². The summed E-state index contributed by atoms with van der Waals surface area (Å²) in [6.07, 6.45) is 0. The Morgan fingerprint density at radius 1 is 1.10 bits per heavy atom. The van der Waals surface area contributed by atoms with Crippen molar-refractivity contribution in [3.63, 3.8) is 0 Å². The van der Waals surface area contributed by atoms with E-state index in [4.69, 9.17) is 5.73 Å². The van der Waals surface area contributed by atoms with Gasteiger partial charge in [0, 0.05) is 43.9 Å². The molecule has 1 saturated heterocycles. The van der Waals surface area contributed by atoms with Crippen molar-refractivity contribution in [2.75, 3.05) is 32.7 Å². The van der Waals surface area contributed by atoms with E-state index >= 15 is 0 Å². The molecule has 2 rings (SSSR count). The standard InChI is InChI=1S/C19H28F2N4O2.2ClH/c1-12(2)18(22)19(27)23-11-17(26)25-8-6-24(7-9-25)13(3)15-5-4-14(20)10-16(15)21;;/h4-5,10,12-13,18H,6-9,11,22H2,1-3H3,(H,23,27);2*1H/t13?,18-;;/m0../s1. The number of piperazine rings is 1. The van der Waals surface area contributed by atoms with Crippen molar-refractivity contribution in [1.29, 1.82) is 0 Å². The Morgan fingerprint density at radius 3 is 2.21 bits per heavy atom. The molecule has 1 aromatic carbocycles. The van der Waals surface area contributed by atoms with Crippen LogP contribution < -0.4 is 11.1 Å². The molecule has 1 fully saturated rings. The zero-order chi connectivity index (χ0) is 20.1. The molecule has 1 unspecified atom stereocenters. The van der Waals surface area contributed by atoms with Crippen LogP contribution in [0.5, 0.6) is 0 Å². The number of nitrogens with zero attached hydrogens (tertiary/aromatic N) is 2. The molecule has 3 N–H and O–H groups in total. The molecule has 0 aliphatic carbocycles. The maximum atomic E-state index is 14.0. The molecule has 166 valence electrons. The lowest BCUT2D eigenvalue weighted by Crippen LogP contribution is -2.53. The zero-order valence-corrected chi connectivity index (χ0v) is 18.5. The van der Waals surface area contributed by atoms with Crippen LogP contribution in [0.25, 0.3) is 0 Å². The Balaban J connectivity index is 0.00000392. The lowest BCUT2D eigenvalue weighted by atomic mass is 10.0. The van der Waals surface area contributed by atoms with Crippen LogP contribution in [-0.2, 0) is 9.59 Å². The highest BCUT2D eigenvalue weighted by Gasteiger charge is 2.26. The Labute approximate surface area is 183 Å². The lowest BCUT2D eigenvalue weighted by Gasteiger charge is -2.38. The highest BCUT2D eigenvalue weighted by molar-refractivity contribution is 5.87. The Hall–Kier alpha value is -1.48. The Kier molecular flexibility index (Phi) is 11.6. The summed E-state index contributed by atoms with van der Waals surface area (Å²) in [6.45, 7) is 7.58. The third-order valence-corrected chi connectivity index (χ3v) is 5.06. The second-order valence-corrected chi connectivity index (χ2v) is 7.25. The SMILES string of the molecule is CC(C)[C@H](N)C(=O)NCC(=O)N1CCN(C(C)c2ccc(F)cc2F)CC1.Cl.Cl. The van der Waals surface area contributed by atoms with Gasteiger partial charge < -0.3 is 16.0 Å². The number of amides is 2. The van der Waals surface area contributed by atoms with E-state index in [1.54, 1.807) is 4.90 Å². The van der Waals surface area contributed by atoms with Crippen LogP contribution in [-0.4, -0.2) is 60.4 Å². The molecular weight excluding hydrogens is 425 g/mol. The Morgan fingerprint density at radius 2 is 1.69 bits per heavy atom. The van der Waals surface area contributed by atoms with Gasteiger partial charge in [-0.25, -0.2) is 8.78 Å². The van der Waals surface area contributed by atoms with Crippen LogP contribution in [0.15, 0.2) is 18.2 Å². The summed E-state index contributed by atoms with van der Waals surface area (Å²) in [4.78, 5) is 27.9. The van der Waals surface area contributed by atoms with Crippen molar-refractivity contribution in [1.82, 2.24) is 15.1 Å². The maximum absolute atomic E-state index is 14.0. The van der Waals surface area contributed by atoms with Crippen LogP contribution in [0, 0.1) is 17.6 Å². The summed E-state index contributed by atoms with van der Waals surface area (Å²) in [5.41, 5.74) is 6.19. The molecule has 1 aromatic rings. The minimum absolute atomic E-state index is 0. The van der Waals surface area contributed by atoms with Gasteiger partial charge in [-0.05, 0) is 18.9 Å². The first-order valence-corrected chi connectivity index (χ1v) is 9.20. The third kappa shape index (κ3) is 7.37. The normalized spacial score (nSPS) is 16.4. The number of carbonyl (C=O) groups is 2. The van der Waals surface area contributed by atoms with E-state index in [-0.39, 0.29) is 55.1 Å². The van der Waals surface area contributed by atoms with E-state index in [0.29, 0.717) is 31.7 Å². The fourth-order valence-electron chi connectivity index (χ4n) is 3.09. The minimum atomic E-state index is -0.638. The van der Waals surface area contributed by atoms with Gasteiger partial charge in [0.15, 0.2) is 0 Å². The number of nitrogens with one attached hydrogen (secondary N) is 1. The number of hydrogen-bond acceptors (Lipinski definition) is 4. The molecule has 1 heterocycles. The number of halogens is 4. The molecule has 0 bridgehead atoms. The summed E-state index contributed by atoms with van der Waals surface area (Å²) in [5, 5.41) is 2.58. The molecule has 2 atom stereocenters. The first-order valence-electron chi connectivity index (χ1n) is 9.20. The first-order chi connectivity index (χ1) is 12.7. The summed E-state index contributed by atoms with van der Waals surface area (Å²) >= 11 is 0. The number of nitrogens with two attached hydrogens (primary N) is 1. The largest absolute Gasteiger partial charge is 0.346 e. The molecule has 1 aliphatic rings. The third-order valence-electron chi connectivity index (χ3n) is 5.06. The molecular formula is C19H30Cl2F2N4O2. The van der Waals surface area contributed by atoms with E-state index in [0.717, 1.165) is 6.07 Å². The van der Waals surface area contributed by atoms with Gasteiger partial charge in [-0.3, -0.25) is 14.5 Å². The summed E-state index contributed by atoms with van der Waals surface area (Å²) < 4.78 is 27.1. The molecule has 0 aromatic heterocycles. The Bertz CT molecular complexity index is 686. The number of benzene rings is 1. The minimum Gasteiger partial charge on any atom is -0.346 e. The number of hydrogen-bond donors (Lipinski definition) is 2. The topological polar surface area (TPSA) is 78.7 Å². The van der Waals surface area contributed by atoms with Crippen LogP contribution >= 0.6 is 24.8 Å². The predicted octanol–water partition coefficient (Wildman–Crippen LogP) is 2.11. The fraction of sp³-hybridized carbons (Fsp3) is 0.579.